The molecule has 4 rings (SSSR count). The van der Waals surface area contributed by atoms with Gasteiger partial charge < -0.3 is 4.74 Å². The van der Waals surface area contributed by atoms with Crippen LogP contribution in [0.5, 0.6) is 5.75 Å². The molecule has 0 bridgehead atoms. The summed E-state index contributed by atoms with van der Waals surface area (Å²) in [5.74, 6) is 0.854. The number of fused-ring (bicyclic) bond motifs is 1. The van der Waals surface area contributed by atoms with Gasteiger partial charge in [0.25, 0.3) is 0 Å². The van der Waals surface area contributed by atoms with Crippen LogP contribution in [-0.4, -0.2) is 12.4 Å². The van der Waals surface area contributed by atoms with E-state index >= 15 is 0 Å². The number of Topliss-reactive ketones (excluding diaryl/α,β-unsaturated/α-hetero) is 1. The van der Waals surface area contributed by atoms with Crippen molar-refractivity contribution in [3.63, 3.8) is 0 Å². The fraction of sp³-hybridized carbons (Fsp3) is 0.323. The van der Waals surface area contributed by atoms with Crippen LogP contribution in [0.2, 0.25) is 0 Å². The van der Waals surface area contributed by atoms with Gasteiger partial charge in [0.05, 0.1) is 23.1 Å². The minimum Gasteiger partial charge on any atom is -0.492 e. The topological polar surface area (TPSA) is 73.9 Å². The lowest BCUT2D eigenvalue weighted by Gasteiger charge is -2.41. The van der Waals surface area contributed by atoms with Crippen LogP contribution in [0.15, 0.2) is 84.9 Å². The Balaban J connectivity index is 1.75. The van der Waals surface area contributed by atoms with Gasteiger partial charge >= 0.3 is 0 Å². The summed E-state index contributed by atoms with van der Waals surface area (Å²) in [6.07, 6.45) is 3.43. The summed E-state index contributed by atoms with van der Waals surface area (Å²) in [6, 6.07) is 32.4. The van der Waals surface area contributed by atoms with Gasteiger partial charge in [0.2, 0.25) is 0 Å². The molecule has 0 aliphatic carbocycles. The molecule has 35 heavy (non-hydrogen) atoms. The number of nitrogens with zero attached hydrogens (tertiary/aromatic N) is 2. The van der Waals surface area contributed by atoms with Gasteiger partial charge in [-0.05, 0) is 60.8 Å². The van der Waals surface area contributed by atoms with Gasteiger partial charge in [-0.1, -0.05) is 72.8 Å². The average Bonchev–Trinajstić information content (AvgIpc) is 2.92. The molecule has 4 heteroatoms. The van der Waals surface area contributed by atoms with Gasteiger partial charge in [-0.2, -0.15) is 10.5 Å². The van der Waals surface area contributed by atoms with E-state index in [0.29, 0.717) is 56.4 Å². The highest BCUT2D eigenvalue weighted by Gasteiger charge is 2.47. The van der Waals surface area contributed by atoms with Crippen LogP contribution in [-0.2, 0) is 0 Å². The monoisotopic (exact) mass is 462 g/mol. The zero-order valence-electron chi connectivity index (χ0n) is 19.9. The maximum Gasteiger partial charge on any atom is 0.176 e. The zero-order valence-corrected chi connectivity index (χ0v) is 19.9. The number of para-hydroxylation sites is 1. The molecular weight excluding hydrogens is 432 g/mol. The molecule has 0 fully saturated rings. The second-order valence-electron chi connectivity index (χ2n) is 9.41. The third-order valence-corrected chi connectivity index (χ3v) is 7.14. The number of carbonyl (C=O) groups excluding carboxylic acids is 1. The predicted octanol–water partition coefficient (Wildman–Crippen LogP) is 7.20. The van der Waals surface area contributed by atoms with E-state index in [2.05, 4.69) is 36.4 Å². The Kier molecular flexibility index (Phi) is 7.96. The number of carbonyl (C=O) groups is 1. The van der Waals surface area contributed by atoms with Crippen molar-refractivity contribution in [1.29, 1.82) is 10.5 Å². The van der Waals surface area contributed by atoms with E-state index in [4.69, 9.17) is 4.74 Å². The Bertz CT molecular complexity index is 1140. The number of nitriles is 2. The Morgan fingerprint density at radius 1 is 0.743 bits per heavy atom. The van der Waals surface area contributed by atoms with Crippen LogP contribution in [0.4, 0.5) is 0 Å². The van der Waals surface area contributed by atoms with E-state index in [9.17, 15) is 15.3 Å². The van der Waals surface area contributed by atoms with Gasteiger partial charge in [0, 0.05) is 12.8 Å². The van der Waals surface area contributed by atoms with Crippen molar-refractivity contribution in [3.05, 3.63) is 102 Å². The van der Waals surface area contributed by atoms with Crippen molar-refractivity contribution < 1.29 is 9.53 Å². The van der Waals surface area contributed by atoms with Crippen molar-refractivity contribution in [1.82, 2.24) is 0 Å². The minimum absolute atomic E-state index is 0.0565. The summed E-state index contributed by atoms with van der Waals surface area (Å²) < 4.78 is 6.24. The molecule has 3 aromatic carbocycles. The van der Waals surface area contributed by atoms with Gasteiger partial charge in [-0.15, -0.1) is 0 Å². The smallest absolute Gasteiger partial charge is 0.176 e. The molecule has 2 unspecified atom stereocenters. The predicted molar refractivity (Wildman–Crippen MR) is 136 cm³/mol. The lowest BCUT2D eigenvalue weighted by atomic mass is 9.65. The highest BCUT2D eigenvalue weighted by molar-refractivity contribution is 6.04. The highest BCUT2D eigenvalue weighted by Crippen LogP contribution is 2.48. The second-order valence-corrected chi connectivity index (χ2v) is 9.41. The van der Waals surface area contributed by atoms with E-state index in [-0.39, 0.29) is 17.6 Å². The molecule has 0 radical (unpaired) electrons. The molecule has 0 spiro atoms. The molecule has 0 amide bonds. The molecule has 0 N–H and O–H groups in total. The minimum atomic E-state index is -0.750. The lowest BCUT2D eigenvalue weighted by Crippen LogP contribution is -2.43. The van der Waals surface area contributed by atoms with E-state index in [1.807, 2.05) is 60.7 Å². The highest BCUT2D eigenvalue weighted by atomic mass is 16.5. The SMILES string of the molecule is N#CCCC(CC1(CC(CCC#N)c2ccccc2)COc2ccccc2C1=O)c1ccccc1. The zero-order chi connectivity index (χ0) is 24.5. The summed E-state index contributed by atoms with van der Waals surface area (Å²) in [5, 5.41) is 18.7. The second kappa shape index (κ2) is 11.5. The van der Waals surface area contributed by atoms with Crippen LogP contribution in [0.25, 0.3) is 0 Å². The first-order chi connectivity index (χ1) is 17.2. The molecule has 4 nitrogen and oxygen atoms in total. The summed E-state index contributed by atoms with van der Waals surface area (Å²) in [6.45, 7) is 0.300. The van der Waals surface area contributed by atoms with Crippen LogP contribution in [0, 0.1) is 28.1 Å². The van der Waals surface area contributed by atoms with E-state index < -0.39 is 5.41 Å². The summed E-state index contributed by atoms with van der Waals surface area (Å²) >= 11 is 0. The van der Waals surface area contributed by atoms with E-state index in [0.717, 1.165) is 11.1 Å². The van der Waals surface area contributed by atoms with Crippen molar-refractivity contribution in [3.8, 4) is 17.9 Å². The molecule has 2 atom stereocenters. The summed E-state index contributed by atoms with van der Waals surface area (Å²) in [7, 11) is 0. The van der Waals surface area contributed by atoms with Crippen molar-refractivity contribution in [2.75, 3.05) is 6.61 Å². The first kappa shape index (κ1) is 24.2. The number of hydrogen-bond donors (Lipinski definition) is 0. The number of rotatable bonds is 10. The first-order valence-corrected chi connectivity index (χ1v) is 12.3. The largest absolute Gasteiger partial charge is 0.492 e. The van der Waals surface area contributed by atoms with Crippen molar-refractivity contribution in [2.45, 2.75) is 50.4 Å². The molecule has 1 aliphatic heterocycles. The van der Waals surface area contributed by atoms with Crippen LogP contribution >= 0.6 is 0 Å². The fourth-order valence-corrected chi connectivity index (χ4v) is 5.38. The van der Waals surface area contributed by atoms with Gasteiger partial charge in [-0.25, -0.2) is 0 Å². The Hall–Kier alpha value is -3.89. The molecule has 1 heterocycles. The Labute approximate surface area is 207 Å². The average molecular weight is 463 g/mol. The lowest BCUT2D eigenvalue weighted by molar-refractivity contribution is 0.0494. The molecular formula is C31H30N2O2. The summed E-state index contributed by atoms with van der Waals surface area (Å²) in [4.78, 5) is 14.2. The quantitative estimate of drug-likeness (QED) is 0.319. The fourth-order valence-electron chi connectivity index (χ4n) is 5.38. The molecule has 1 aliphatic rings. The first-order valence-electron chi connectivity index (χ1n) is 12.3. The summed E-state index contributed by atoms with van der Waals surface area (Å²) in [5.41, 5.74) is 2.15. The van der Waals surface area contributed by atoms with Gasteiger partial charge in [0.1, 0.15) is 12.4 Å². The Morgan fingerprint density at radius 3 is 1.74 bits per heavy atom. The number of hydrogen-bond acceptors (Lipinski definition) is 4. The van der Waals surface area contributed by atoms with E-state index in [1.165, 1.54) is 0 Å². The molecule has 176 valence electrons. The number of ether oxygens (including phenoxy) is 1. The number of benzene rings is 3. The standard InChI is InChI=1S/C31H30N2O2/c32-19-9-15-26(24-11-3-1-4-12-24)21-31(23-35-29-18-8-7-17-28(29)30(31)34)22-27(16-10-20-33)25-13-5-2-6-14-25/h1-8,11-14,17-18,26-27H,9-10,15-16,21-23H2. The maximum atomic E-state index is 14.2. The third-order valence-electron chi connectivity index (χ3n) is 7.14. The van der Waals surface area contributed by atoms with Crippen LogP contribution < -0.4 is 4.74 Å². The van der Waals surface area contributed by atoms with Gasteiger partial charge in [0.15, 0.2) is 5.78 Å². The normalized spacial score (nSPS) is 18.4. The number of ketones is 1. The maximum absolute atomic E-state index is 14.2. The van der Waals surface area contributed by atoms with Crippen molar-refractivity contribution in [2.24, 2.45) is 5.41 Å². The Morgan fingerprint density at radius 2 is 1.23 bits per heavy atom. The molecule has 0 saturated heterocycles. The molecule has 0 aromatic heterocycles. The van der Waals surface area contributed by atoms with Gasteiger partial charge in [-0.3, -0.25) is 4.79 Å². The van der Waals surface area contributed by atoms with E-state index in [1.54, 1.807) is 0 Å². The van der Waals surface area contributed by atoms with Crippen LogP contribution in [0.3, 0.4) is 0 Å². The van der Waals surface area contributed by atoms with Crippen LogP contribution in [0.1, 0.15) is 71.8 Å². The molecule has 3 aromatic rings. The third kappa shape index (κ3) is 5.61. The molecule has 0 saturated carbocycles. The van der Waals surface area contributed by atoms with Crippen molar-refractivity contribution >= 4 is 5.78 Å².